The van der Waals surface area contributed by atoms with Gasteiger partial charge in [0, 0.05) is 11.1 Å². The Kier molecular flexibility index (Phi) is 4.91. The molecule has 1 N–H and O–H groups in total. The first-order valence-electron chi connectivity index (χ1n) is 6.66. The van der Waals surface area contributed by atoms with Gasteiger partial charge in [0.2, 0.25) is 5.91 Å². The largest absolute Gasteiger partial charge is 0.334 e. The van der Waals surface area contributed by atoms with Crippen molar-refractivity contribution in [1.29, 1.82) is 0 Å². The molecule has 0 aliphatic carbocycles. The summed E-state index contributed by atoms with van der Waals surface area (Å²) in [6, 6.07) is 3.18. The van der Waals surface area contributed by atoms with Crippen LogP contribution in [-0.2, 0) is 14.4 Å². The molecule has 1 aliphatic rings. The molecule has 0 spiro atoms. The molecule has 5 amide bonds. The van der Waals surface area contributed by atoms with Crippen LogP contribution in [0.5, 0.6) is 0 Å². The Hall–Kier alpha value is -2.12. The number of nitrogens with zero attached hydrogens (tertiary/aromatic N) is 2. The molecule has 0 unspecified atom stereocenters. The van der Waals surface area contributed by atoms with Gasteiger partial charge in [-0.1, -0.05) is 23.2 Å². The summed E-state index contributed by atoms with van der Waals surface area (Å²) < 4.78 is 0. The summed E-state index contributed by atoms with van der Waals surface area (Å²) in [5, 5.41) is 3.06. The fraction of sp³-hybridized carbons (Fsp3) is 0.286. The molecule has 2 rings (SSSR count). The van der Waals surface area contributed by atoms with Crippen molar-refractivity contribution in [1.82, 2.24) is 9.80 Å². The number of urea groups is 1. The zero-order chi connectivity index (χ0) is 17.3. The average molecular weight is 358 g/mol. The van der Waals surface area contributed by atoms with Gasteiger partial charge < -0.3 is 5.32 Å². The molecule has 0 saturated carbocycles. The predicted molar refractivity (Wildman–Crippen MR) is 84.2 cm³/mol. The fourth-order valence-corrected chi connectivity index (χ4v) is 2.38. The molecule has 1 aromatic carbocycles. The second kappa shape index (κ2) is 6.55. The predicted octanol–water partition coefficient (Wildman–Crippen LogP) is 2.13. The van der Waals surface area contributed by atoms with Gasteiger partial charge in [0.25, 0.3) is 0 Å². The summed E-state index contributed by atoms with van der Waals surface area (Å²) in [6.07, 6.45) is 0. The number of imide groups is 2. The van der Waals surface area contributed by atoms with Gasteiger partial charge in [0.1, 0.15) is 6.54 Å². The van der Waals surface area contributed by atoms with Crippen LogP contribution in [0.25, 0.3) is 0 Å². The second-order valence-corrected chi connectivity index (χ2v) is 5.96. The fourth-order valence-electron chi connectivity index (χ4n) is 2.04. The highest BCUT2D eigenvalue weighted by molar-refractivity contribution is 6.45. The zero-order valence-electron chi connectivity index (χ0n) is 12.3. The standard InChI is InChI=1S/C14H13Cl2N3O4/c1-7(2)19-13(22)12(21)18(14(19)23)6-11(20)17-10-5-8(15)3-4-9(10)16/h3-5,7H,6H2,1-2H3,(H,17,20). The lowest BCUT2D eigenvalue weighted by Gasteiger charge is -2.18. The number of anilines is 1. The van der Waals surface area contributed by atoms with E-state index in [2.05, 4.69) is 5.32 Å². The quantitative estimate of drug-likeness (QED) is 0.660. The molecule has 9 heteroatoms. The molecule has 1 saturated heterocycles. The van der Waals surface area contributed by atoms with Gasteiger partial charge in [-0.2, -0.15) is 0 Å². The third kappa shape index (κ3) is 3.46. The first-order chi connectivity index (χ1) is 10.7. The van der Waals surface area contributed by atoms with E-state index in [9.17, 15) is 19.2 Å². The molecular formula is C14H13Cl2N3O4. The lowest BCUT2D eigenvalue weighted by Crippen LogP contribution is -2.40. The molecule has 122 valence electrons. The summed E-state index contributed by atoms with van der Waals surface area (Å²) in [5.41, 5.74) is 0.246. The molecule has 0 bridgehead atoms. The molecule has 1 aliphatic heterocycles. The highest BCUT2D eigenvalue weighted by atomic mass is 35.5. The topological polar surface area (TPSA) is 86.8 Å². The molecule has 1 fully saturated rings. The number of halogens is 2. The maximum Gasteiger partial charge on any atom is 0.334 e. The first-order valence-corrected chi connectivity index (χ1v) is 7.42. The SMILES string of the molecule is CC(C)N1C(=O)C(=O)N(CC(=O)Nc2cc(Cl)ccc2Cl)C1=O. The van der Waals surface area contributed by atoms with Crippen LogP contribution in [0.1, 0.15) is 13.8 Å². The summed E-state index contributed by atoms with van der Waals surface area (Å²) in [5.74, 6) is -2.65. The third-order valence-corrected chi connectivity index (χ3v) is 3.67. The van der Waals surface area contributed by atoms with Crippen molar-refractivity contribution in [2.75, 3.05) is 11.9 Å². The minimum atomic E-state index is -1.03. The maximum absolute atomic E-state index is 12.1. The highest BCUT2D eigenvalue weighted by Crippen LogP contribution is 2.25. The first kappa shape index (κ1) is 17.2. The van der Waals surface area contributed by atoms with Crippen molar-refractivity contribution in [2.24, 2.45) is 0 Å². The Morgan fingerprint density at radius 1 is 1.17 bits per heavy atom. The van der Waals surface area contributed by atoms with Crippen LogP contribution in [0, 0.1) is 0 Å². The van der Waals surface area contributed by atoms with Crippen LogP contribution in [0.4, 0.5) is 10.5 Å². The number of carbonyl (C=O) groups is 4. The van der Waals surface area contributed by atoms with Crippen LogP contribution in [0.2, 0.25) is 10.0 Å². The number of benzene rings is 1. The molecular weight excluding hydrogens is 345 g/mol. The molecule has 0 radical (unpaired) electrons. The van der Waals surface area contributed by atoms with Crippen LogP contribution in [0.15, 0.2) is 18.2 Å². The lowest BCUT2D eigenvalue weighted by atomic mass is 10.3. The number of rotatable bonds is 4. The Bertz CT molecular complexity index is 705. The molecule has 1 heterocycles. The van der Waals surface area contributed by atoms with Gasteiger partial charge in [-0.3, -0.25) is 19.3 Å². The van der Waals surface area contributed by atoms with Gasteiger partial charge in [0.15, 0.2) is 0 Å². The number of hydrogen-bond acceptors (Lipinski definition) is 4. The number of nitrogens with one attached hydrogen (secondary N) is 1. The summed E-state index contributed by atoms with van der Waals surface area (Å²) in [4.78, 5) is 49.1. The van der Waals surface area contributed by atoms with Crippen molar-refractivity contribution in [3.05, 3.63) is 28.2 Å². The van der Waals surface area contributed by atoms with E-state index >= 15 is 0 Å². The van der Waals surface area contributed by atoms with Crippen molar-refractivity contribution in [3.8, 4) is 0 Å². The van der Waals surface area contributed by atoms with Crippen LogP contribution >= 0.6 is 23.2 Å². The van der Waals surface area contributed by atoms with E-state index in [0.717, 1.165) is 4.90 Å². The van der Waals surface area contributed by atoms with E-state index in [1.54, 1.807) is 19.9 Å². The van der Waals surface area contributed by atoms with Crippen molar-refractivity contribution in [2.45, 2.75) is 19.9 Å². The highest BCUT2D eigenvalue weighted by Gasteiger charge is 2.46. The monoisotopic (exact) mass is 357 g/mol. The zero-order valence-corrected chi connectivity index (χ0v) is 13.8. The van der Waals surface area contributed by atoms with Gasteiger partial charge in [-0.05, 0) is 32.0 Å². The van der Waals surface area contributed by atoms with Gasteiger partial charge >= 0.3 is 17.8 Å². The lowest BCUT2D eigenvalue weighted by molar-refractivity contribution is -0.144. The normalized spacial score (nSPS) is 14.9. The second-order valence-electron chi connectivity index (χ2n) is 5.12. The molecule has 23 heavy (non-hydrogen) atoms. The molecule has 7 nitrogen and oxygen atoms in total. The van der Waals surface area contributed by atoms with E-state index in [1.807, 2.05) is 0 Å². The Morgan fingerprint density at radius 3 is 2.39 bits per heavy atom. The van der Waals surface area contributed by atoms with E-state index in [4.69, 9.17) is 23.2 Å². The molecule has 1 aromatic rings. The van der Waals surface area contributed by atoms with Crippen LogP contribution in [0.3, 0.4) is 0 Å². The van der Waals surface area contributed by atoms with E-state index in [1.165, 1.54) is 12.1 Å². The van der Waals surface area contributed by atoms with Gasteiger partial charge in [-0.25, -0.2) is 9.69 Å². The summed E-state index contributed by atoms with van der Waals surface area (Å²) in [6.45, 7) is 2.60. The van der Waals surface area contributed by atoms with E-state index in [-0.39, 0.29) is 10.7 Å². The minimum absolute atomic E-state index is 0.246. The van der Waals surface area contributed by atoms with E-state index in [0.29, 0.717) is 9.92 Å². The Labute approximate surface area is 142 Å². The number of carbonyl (C=O) groups excluding carboxylic acids is 4. The maximum atomic E-state index is 12.1. The summed E-state index contributed by atoms with van der Waals surface area (Å²) in [7, 11) is 0. The van der Waals surface area contributed by atoms with E-state index < -0.39 is 36.3 Å². The Morgan fingerprint density at radius 2 is 1.83 bits per heavy atom. The van der Waals surface area contributed by atoms with Gasteiger partial charge in [0.05, 0.1) is 10.7 Å². The number of amides is 5. The van der Waals surface area contributed by atoms with Crippen LogP contribution < -0.4 is 5.32 Å². The number of hydrogen-bond donors (Lipinski definition) is 1. The average Bonchev–Trinajstić information content (AvgIpc) is 2.66. The van der Waals surface area contributed by atoms with Gasteiger partial charge in [-0.15, -0.1) is 0 Å². The minimum Gasteiger partial charge on any atom is -0.323 e. The van der Waals surface area contributed by atoms with Crippen molar-refractivity contribution in [3.63, 3.8) is 0 Å². The Balaban J connectivity index is 2.11. The van der Waals surface area contributed by atoms with Crippen LogP contribution in [-0.4, -0.2) is 46.1 Å². The smallest absolute Gasteiger partial charge is 0.323 e. The molecule has 0 atom stereocenters. The third-order valence-electron chi connectivity index (χ3n) is 3.10. The summed E-state index contributed by atoms with van der Waals surface area (Å²) >= 11 is 11.7. The van der Waals surface area contributed by atoms with Crippen molar-refractivity contribution >= 4 is 52.6 Å². The van der Waals surface area contributed by atoms with Crippen molar-refractivity contribution < 1.29 is 19.2 Å². The molecule has 0 aromatic heterocycles.